The van der Waals surface area contributed by atoms with Gasteiger partial charge in [0.25, 0.3) is 0 Å². The van der Waals surface area contributed by atoms with E-state index in [4.69, 9.17) is 10.5 Å². The maximum atomic E-state index is 15.2. The number of rotatable bonds is 10. The van der Waals surface area contributed by atoms with Crippen LogP contribution in [0.15, 0.2) is 114 Å². The van der Waals surface area contributed by atoms with Crippen molar-refractivity contribution in [2.45, 2.75) is 37.6 Å². The smallest absolute Gasteiger partial charge is 0.416 e. The van der Waals surface area contributed by atoms with Crippen LogP contribution in [0.4, 0.5) is 17.6 Å². The van der Waals surface area contributed by atoms with Crippen LogP contribution in [-0.2, 0) is 6.18 Å². The molecule has 2 atom stereocenters. The molecule has 1 fully saturated rings. The number of hydrogen-bond acceptors (Lipinski definition) is 3. The lowest BCUT2D eigenvalue weighted by Gasteiger charge is -2.30. The number of alkyl halides is 3. The van der Waals surface area contributed by atoms with E-state index in [1.54, 1.807) is 6.07 Å². The van der Waals surface area contributed by atoms with Crippen molar-refractivity contribution in [3.8, 4) is 16.9 Å². The molecule has 5 rings (SSSR count). The van der Waals surface area contributed by atoms with Crippen LogP contribution in [-0.4, -0.2) is 18.5 Å². The highest BCUT2D eigenvalue weighted by Crippen LogP contribution is 2.39. The van der Waals surface area contributed by atoms with Crippen LogP contribution < -0.4 is 10.5 Å². The van der Waals surface area contributed by atoms with E-state index in [1.165, 1.54) is 23.8 Å². The summed E-state index contributed by atoms with van der Waals surface area (Å²) >= 11 is 0. The van der Waals surface area contributed by atoms with Crippen molar-refractivity contribution < 1.29 is 22.3 Å². The van der Waals surface area contributed by atoms with E-state index >= 15 is 4.39 Å². The SMILES string of the molecule is CN(CC[C@@H](Oc1ccc(C(F)(F)F)cc1)c1ccccc1)C(=C1CC1)[C@@H](N)c1ccc(-c2ccccc2)c(F)c1. The van der Waals surface area contributed by atoms with Crippen LogP contribution in [0.3, 0.4) is 0 Å². The average Bonchev–Trinajstić information content (AvgIpc) is 3.81. The van der Waals surface area contributed by atoms with Crippen LogP contribution in [0.25, 0.3) is 11.1 Å². The molecular formula is C34H32F4N2O. The first kappa shape index (κ1) is 28.4. The van der Waals surface area contributed by atoms with Gasteiger partial charge in [0.2, 0.25) is 0 Å². The van der Waals surface area contributed by atoms with E-state index in [0.717, 1.165) is 41.8 Å². The minimum atomic E-state index is -4.41. The summed E-state index contributed by atoms with van der Waals surface area (Å²) in [6, 6.07) is 28.4. The van der Waals surface area contributed by atoms with Gasteiger partial charge in [-0.15, -0.1) is 0 Å². The van der Waals surface area contributed by atoms with Crippen LogP contribution >= 0.6 is 0 Å². The third kappa shape index (κ3) is 6.98. The quantitative estimate of drug-likeness (QED) is 0.197. The Balaban J connectivity index is 1.32. The van der Waals surface area contributed by atoms with Crippen LogP contribution in [0.5, 0.6) is 5.75 Å². The van der Waals surface area contributed by atoms with E-state index in [1.807, 2.05) is 73.8 Å². The molecule has 1 aliphatic rings. The second-order valence-electron chi connectivity index (χ2n) is 10.3. The molecule has 4 aromatic rings. The lowest BCUT2D eigenvalue weighted by molar-refractivity contribution is -0.137. The zero-order chi connectivity index (χ0) is 29.0. The molecule has 0 amide bonds. The maximum absolute atomic E-state index is 15.2. The Morgan fingerprint density at radius 1 is 0.854 bits per heavy atom. The lowest BCUT2D eigenvalue weighted by atomic mass is 9.97. The Labute approximate surface area is 237 Å². The summed E-state index contributed by atoms with van der Waals surface area (Å²) in [4.78, 5) is 2.10. The number of hydrogen-bond donors (Lipinski definition) is 1. The van der Waals surface area contributed by atoms with Gasteiger partial charge in [-0.1, -0.05) is 72.8 Å². The molecule has 0 saturated heterocycles. The van der Waals surface area contributed by atoms with Gasteiger partial charge in [0.1, 0.15) is 17.7 Å². The normalized spacial score (nSPS) is 14.3. The van der Waals surface area contributed by atoms with Crippen molar-refractivity contribution in [2.75, 3.05) is 13.6 Å². The summed E-state index contributed by atoms with van der Waals surface area (Å²) in [5, 5.41) is 0. The summed E-state index contributed by atoms with van der Waals surface area (Å²) < 4.78 is 60.4. The Morgan fingerprint density at radius 2 is 1.49 bits per heavy atom. The Bertz CT molecular complexity index is 1480. The third-order valence-electron chi connectivity index (χ3n) is 7.36. The minimum Gasteiger partial charge on any atom is -0.486 e. The second kappa shape index (κ2) is 12.2. The van der Waals surface area contributed by atoms with E-state index in [-0.39, 0.29) is 11.9 Å². The number of nitrogens with zero attached hydrogens (tertiary/aromatic N) is 1. The van der Waals surface area contributed by atoms with E-state index in [0.29, 0.717) is 29.8 Å². The molecule has 0 spiro atoms. The molecule has 0 aromatic heterocycles. The fraction of sp³-hybridized carbons (Fsp3) is 0.235. The van der Waals surface area contributed by atoms with Crippen molar-refractivity contribution in [1.29, 1.82) is 0 Å². The molecule has 7 heteroatoms. The van der Waals surface area contributed by atoms with Gasteiger partial charge in [0.15, 0.2) is 0 Å². The first-order valence-corrected chi connectivity index (χ1v) is 13.6. The first-order chi connectivity index (χ1) is 19.7. The molecule has 0 unspecified atom stereocenters. The molecule has 3 nitrogen and oxygen atoms in total. The molecule has 0 bridgehead atoms. The number of allylic oxidation sites excluding steroid dienone is 1. The molecule has 4 aromatic carbocycles. The molecule has 2 N–H and O–H groups in total. The summed E-state index contributed by atoms with van der Waals surface area (Å²) in [7, 11) is 1.97. The standard InChI is InChI=1S/C34H32F4N2O/c1-40(21-20-31(24-10-6-3-7-11-24)41-28-17-15-27(16-18-28)34(36,37)38)33(25-12-13-25)32(39)26-14-19-29(30(35)22-26)23-8-4-2-5-9-23/h2-11,14-19,22,31-32H,12-13,20-21,39H2,1H3/t31-,32+/m1/s1. The number of ether oxygens (including phenoxy) is 1. The van der Waals surface area contributed by atoms with Gasteiger partial charge in [0, 0.05) is 31.3 Å². The fourth-order valence-corrected chi connectivity index (χ4v) is 5.06. The van der Waals surface area contributed by atoms with Crippen molar-refractivity contribution in [1.82, 2.24) is 4.90 Å². The number of nitrogens with two attached hydrogens (primary N) is 1. The number of likely N-dealkylation sites (N-methyl/N-ethyl adjacent to an activating group) is 1. The van der Waals surface area contributed by atoms with Gasteiger partial charge < -0.3 is 15.4 Å². The molecule has 212 valence electrons. The fourth-order valence-electron chi connectivity index (χ4n) is 5.06. The van der Waals surface area contributed by atoms with Gasteiger partial charge in [0.05, 0.1) is 11.6 Å². The van der Waals surface area contributed by atoms with Gasteiger partial charge in [-0.05, 0) is 65.4 Å². The maximum Gasteiger partial charge on any atom is 0.416 e. The van der Waals surface area contributed by atoms with E-state index < -0.39 is 17.8 Å². The molecule has 1 saturated carbocycles. The first-order valence-electron chi connectivity index (χ1n) is 13.6. The number of halogens is 4. The monoisotopic (exact) mass is 560 g/mol. The summed E-state index contributed by atoms with van der Waals surface area (Å²) in [6.45, 7) is 0.581. The van der Waals surface area contributed by atoms with E-state index in [9.17, 15) is 13.2 Å². The Morgan fingerprint density at radius 3 is 2.07 bits per heavy atom. The second-order valence-corrected chi connectivity index (χ2v) is 10.3. The molecule has 1 aliphatic carbocycles. The molecular weight excluding hydrogens is 528 g/mol. The molecule has 41 heavy (non-hydrogen) atoms. The van der Waals surface area contributed by atoms with Crippen LogP contribution in [0.2, 0.25) is 0 Å². The highest BCUT2D eigenvalue weighted by atomic mass is 19.4. The Kier molecular flexibility index (Phi) is 8.45. The van der Waals surface area contributed by atoms with Crippen molar-refractivity contribution >= 4 is 0 Å². The Hall–Kier alpha value is -4.10. The zero-order valence-electron chi connectivity index (χ0n) is 22.7. The highest BCUT2D eigenvalue weighted by Gasteiger charge is 2.30. The van der Waals surface area contributed by atoms with Gasteiger partial charge in [-0.3, -0.25) is 0 Å². The summed E-state index contributed by atoms with van der Waals surface area (Å²) in [5.74, 6) is 0.0435. The predicted octanol–water partition coefficient (Wildman–Crippen LogP) is 8.70. The number of benzene rings is 4. The molecule has 0 aliphatic heterocycles. The van der Waals surface area contributed by atoms with Crippen LogP contribution in [0.1, 0.15) is 48.1 Å². The molecule has 0 heterocycles. The van der Waals surface area contributed by atoms with Crippen molar-refractivity contribution in [2.24, 2.45) is 5.73 Å². The van der Waals surface area contributed by atoms with E-state index in [2.05, 4.69) is 4.90 Å². The predicted molar refractivity (Wildman–Crippen MR) is 154 cm³/mol. The van der Waals surface area contributed by atoms with Crippen LogP contribution in [0, 0.1) is 5.82 Å². The highest BCUT2D eigenvalue weighted by molar-refractivity contribution is 5.64. The summed E-state index contributed by atoms with van der Waals surface area (Å²) in [6.07, 6.45) is -2.34. The van der Waals surface area contributed by atoms with Crippen molar-refractivity contribution in [3.63, 3.8) is 0 Å². The lowest BCUT2D eigenvalue weighted by Crippen LogP contribution is -2.29. The minimum absolute atomic E-state index is 0.318. The zero-order valence-corrected chi connectivity index (χ0v) is 22.7. The average molecular weight is 561 g/mol. The topological polar surface area (TPSA) is 38.5 Å². The van der Waals surface area contributed by atoms with Gasteiger partial charge >= 0.3 is 6.18 Å². The largest absolute Gasteiger partial charge is 0.486 e. The van der Waals surface area contributed by atoms with Gasteiger partial charge in [-0.2, -0.15) is 13.2 Å². The summed E-state index contributed by atoms with van der Waals surface area (Å²) in [5.41, 5.74) is 11.2. The van der Waals surface area contributed by atoms with Crippen molar-refractivity contribution in [3.05, 3.63) is 137 Å². The van der Waals surface area contributed by atoms with Gasteiger partial charge in [-0.25, -0.2) is 4.39 Å². The molecule has 0 radical (unpaired) electrons. The third-order valence-corrected chi connectivity index (χ3v) is 7.36.